The van der Waals surface area contributed by atoms with Crippen LogP contribution in [0.5, 0.6) is 0 Å². The van der Waals surface area contributed by atoms with Crippen molar-refractivity contribution < 1.29 is 0 Å². The third kappa shape index (κ3) is 2.34. The predicted octanol–water partition coefficient (Wildman–Crippen LogP) is 2.32. The molecule has 0 aliphatic carbocycles. The van der Waals surface area contributed by atoms with Crippen molar-refractivity contribution >= 4 is 28.5 Å². The Balaban J connectivity index is 2.10. The molecule has 0 radical (unpaired) electrons. The maximum atomic E-state index is 4.34. The quantitative estimate of drug-likeness (QED) is 0.746. The third-order valence-corrected chi connectivity index (χ3v) is 3.10. The molecule has 0 saturated carbocycles. The Kier molecular flexibility index (Phi) is 3.20. The van der Waals surface area contributed by atoms with Gasteiger partial charge < -0.3 is 4.90 Å². The zero-order valence-electron chi connectivity index (χ0n) is 8.28. The minimum Gasteiger partial charge on any atom is -0.341 e. The molecule has 3 nitrogen and oxygen atoms in total. The largest absolute Gasteiger partial charge is 0.341 e. The van der Waals surface area contributed by atoms with E-state index in [1.165, 1.54) is 12.8 Å². The molecule has 0 amide bonds. The van der Waals surface area contributed by atoms with Crippen LogP contribution in [0, 0.1) is 9.49 Å². The molecule has 14 heavy (non-hydrogen) atoms. The second kappa shape index (κ2) is 4.42. The van der Waals surface area contributed by atoms with Gasteiger partial charge in [-0.3, -0.25) is 0 Å². The molecule has 1 saturated heterocycles. The van der Waals surface area contributed by atoms with Gasteiger partial charge in [0.25, 0.3) is 0 Å². The lowest BCUT2D eigenvalue weighted by Crippen LogP contribution is -2.35. The Morgan fingerprint density at radius 3 is 2.79 bits per heavy atom. The van der Waals surface area contributed by atoms with Crippen LogP contribution in [0.3, 0.4) is 0 Å². The molecule has 1 aromatic heterocycles. The van der Waals surface area contributed by atoms with Crippen molar-refractivity contribution in [3.63, 3.8) is 0 Å². The van der Waals surface area contributed by atoms with E-state index in [9.17, 15) is 0 Å². The van der Waals surface area contributed by atoms with Crippen molar-refractivity contribution in [3.05, 3.63) is 16.0 Å². The molecule has 0 spiro atoms. The highest BCUT2D eigenvalue weighted by atomic mass is 127. The van der Waals surface area contributed by atoms with Gasteiger partial charge in [-0.25, -0.2) is 9.97 Å². The van der Waals surface area contributed by atoms with Crippen LogP contribution in [-0.2, 0) is 0 Å². The molecule has 1 unspecified atom stereocenters. The third-order valence-electron chi connectivity index (χ3n) is 2.55. The summed E-state index contributed by atoms with van der Waals surface area (Å²) in [4.78, 5) is 11.0. The van der Waals surface area contributed by atoms with Crippen LogP contribution in [-0.4, -0.2) is 23.1 Å². The lowest BCUT2D eigenvalue weighted by molar-refractivity contribution is 0.442. The van der Waals surface area contributed by atoms with Gasteiger partial charge in [-0.2, -0.15) is 0 Å². The molecule has 1 aliphatic heterocycles. The molecule has 0 N–H and O–H groups in total. The monoisotopic (exact) mass is 303 g/mol. The number of aromatic nitrogens is 2. The summed E-state index contributed by atoms with van der Waals surface area (Å²) in [5, 5.41) is 0. The first-order chi connectivity index (χ1) is 6.75. The van der Waals surface area contributed by atoms with E-state index >= 15 is 0 Å². The van der Waals surface area contributed by atoms with Crippen LogP contribution in [0.1, 0.15) is 19.8 Å². The molecular weight excluding hydrogens is 289 g/mol. The Hall–Kier alpha value is -0.390. The Bertz CT molecular complexity index is 299. The van der Waals surface area contributed by atoms with Gasteiger partial charge in [-0.15, -0.1) is 0 Å². The number of halogens is 1. The summed E-state index contributed by atoms with van der Waals surface area (Å²) in [5.41, 5.74) is 0. The number of rotatable bonds is 1. The Morgan fingerprint density at radius 2 is 2.14 bits per heavy atom. The summed E-state index contributed by atoms with van der Waals surface area (Å²) in [6, 6.07) is 0. The standard InChI is InChI=1S/C10H14IN3/c1-8-3-2-4-14(7-8)10-12-5-9(11)6-13-10/h5-6,8H,2-4,7H2,1H3. The van der Waals surface area contributed by atoms with E-state index in [2.05, 4.69) is 44.4 Å². The summed E-state index contributed by atoms with van der Waals surface area (Å²) < 4.78 is 1.09. The summed E-state index contributed by atoms with van der Waals surface area (Å²) in [7, 11) is 0. The average Bonchev–Trinajstić information content (AvgIpc) is 2.19. The first-order valence-electron chi connectivity index (χ1n) is 4.98. The van der Waals surface area contributed by atoms with E-state index in [0.717, 1.165) is 28.5 Å². The summed E-state index contributed by atoms with van der Waals surface area (Å²) in [6.45, 7) is 4.49. The Labute approximate surface area is 98.1 Å². The number of hydrogen-bond donors (Lipinski definition) is 0. The molecule has 0 aromatic carbocycles. The van der Waals surface area contributed by atoms with E-state index in [0.29, 0.717) is 0 Å². The zero-order chi connectivity index (χ0) is 9.97. The van der Waals surface area contributed by atoms with Gasteiger partial charge in [0.2, 0.25) is 5.95 Å². The topological polar surface area (TPSA) is 29.0 Å². The second-order valence-electron chi connectivity index (χ2n) is 3.89. The van der Waals surface area contributed by atoms with Gasteiger partial charge in [-0.1, -0.05) is 6.92 Å². The van der Waals surface area contributed by atoms with Gasteiger partial charge in [0.15, 0.2) is 0 Å². The molecule has 1 aliphatic rings. The first-order valence-corrected chi connectivity index (χ1v) is 6.06. The summed E-state index contributed by atoms with van der Waals surface area (Å²) in [6.07, 6.45) is 6.35. The SMILES string of the molecule is CC1CCCN(c2ncc(I)cn2)C1. The number of nitrogens with zero attached hydrogens (tertiary/aromatic N) is 3. The fourth-order valence-corrected chi connectivity index (χ4v) is 2.12. The van der Waals surface area contributed by atoms with E-state index < -0.39 is 0 Å². The lowest BCUT2D eigenvalue weighted by atomic mass is 10.0. The molecule has 1 fully saturated rings. The number of anilines is 1. The van der Waals surface area contributed by atoms with Gasteiger partial charge in [0, 0.05) is 29.1 Å². The zero-order valence-corrected chi connectivity index (χ0v) is 10.4. The van der Waals surface area contributed by atoms with Crippen LogP contribution >= 0.6 is 22.6 Å². The van der Waals surface area contributed by atoms with Gasteiger partial charge >= 0.3 is 0 Å². The average molecular weight is 303 g/mol. The minimum absolute atomic E-state index is 0.770. The van der Waals surface area contributed by atoms with Crippen LogP contribution in [0.25, 0.3) is 0 Å². The molecule has 2 rings (SSSR count). The normalized spacial score (nSPS) is 22.4. The molecule has 2 heterocycles. The molecule has 4 heteroatoms. The maximum absolute atomic E-state index is 4.34. The van der Waals surface area contributed by atoms with Crippen LogP contribution in [0.2, 0.25) is 0 Å². The maximum Gasteiger partial charge on any atom is 0.225 e. The highest BCUT2D eigenvalue weighted by molar-refractivity contribution is 14.1. The molecule has 1 aromatic rings. The summed E-state index contributed by atoms with van der Waals surface area (Å²) >= 11 is 2.23. The van der Waals surface area contributed by atoms with Crippen LogP contribution in [0.4, 0.5) is 5.95 Å². The number of piperidine rings is 1. The minimum atomic E-state index is 0.770. The molecule has 1 atom stereocenters. The highest BCUT2D eigenvalue weighted by Crippen LogP contribution is 2.19. The van der Waals surface area contributed by atoms with Crippen LogP contribution in [0.15, 0.2) is 12.4 Å². The Morgan fingerprint density at radius 1 is 1.43 bits per heavy atom. The van der Waals surface area contributed by atoms with Gasteiger partial charge in [0.05, 0.1) is 0 Å². The van der Waals surface area contributed by atoms with Crippen molar-refractivity contribution in [3.8, 4) is 0 Å². The van der Waals surface area contributed by atoms with Crippen molar-refractivity contribution in [1.82, 2.24) is 9.97 Å². The predicted molar refractivity (Wildman–Crippen MR) is 65.4 cm³/mol. The van der Waals surface area contributed by atoms with Crippen molar-refractivity contribution in [1.29, 1.82) is 0 Å². The van der Waals surface area contributed by atoms with Crippen molar-refractivity contribution in [2.24, 2.45) is 5.92 Å². The fourth-order valence-electron chi connectivity index (χ4n) is 1.84. The van der Waals surface area contributed by atoms with E-state index in [1.807, 2.05) is 12.4 Å². The molecule has 76 valence electrons. The highest BCUT2D eigenvalue weighted by Gasteiger charge is 2.17. The van der Waals surface area contributed by atoms with E-state index in [4.69, 9.17) is 0 Å². The molecular formula is C10H14IN3. The smallest absolute Gasteiger partial charge is 0.225 e. The first kappa shape index (κ1) is 10.1. The lowest BCUT2D eigenvalue weighted by Gasteiger charge is -2.30. The van der Waals surface area contributed by atoms with Gasteiger partial charge in [-0.05, 0) is 41.4 Å². The van der Waals surface area contributed by atoms with Crippen molar-refractivity contribution in [2.75, 3.05) is 18.0 Å². The van der Waals surface area contributed by atoms with Crippen molar-refractivity contribution in [2.45, 2.75) is 19.8 Å². The number of hydrogen-bond acceptors (Lipinski definition) is 3. The van der Waals surface area contributed by atoms with Gasteiger partial charge in [0.1, 0.15) is 0 Å². The van der Waals surface area contributed by atoms with E-state index in [-0.39, 0.29) is 0 Å². The summed E-state index contributed by atoms with van der Waals surface area (Å²) in [5.74, 6) is 1.66. The second-order valence-corrected chi connectivity index (χ2v) is 5.14. The van der Waals surface area contributed by atoms with Crippen LogP contribution < -0.4 is 4.90 Å². The molecule has 0 bridgehead atoms. The fraction of sp³-hybridized carbons (Fsp3) is 0.600. The van der Waals surface area contributed by atoms with E-state index in [1.54, 1.807) is 0 Å².